The van der Waals surface area contributed by atoms with E-state index in [2.05, 4.69) is 18.4 Å². The van der Waals surface area contributed by atoms with Gasteiger partial charge in [0.15, 0.2) is 0 Å². The third kappa shape index (κ3) is 1.97. The van der Waals surface area contributed by atoms with Gasteiger partial charge in [0.05, 0.1) is 0 Å². The topological polar surface area (TPSA) is 26.0 Å². The zero-order chi connectivity index (χ0) is 7.40. The van der Waals surface area contributed by atoms with Crippen molar-refractivity contribution in [1.29, 1.82) is 0 Å². The summed E-state index contributed by atoms with van der Waals surface area (Å²) < 4.78 is 0. The van der Waals surface area contributed by atoms with E-state index in [0.717, 1.165) is 0 Å². The van der Waals surface area contributed by atoms with E-state index >= 15 is 0 Å². The Morgan fingerprint density at radius 3 is 3.00 bits per heavy atom. The highest BCUT2D eigenvalue weighted by Gasteiger charge is 1.88. The Morgan fingerprint density at radius 2 is 2.50 bits per heavy atom. The molecule has 0 aliphatic carbocycles. The molecular weight excluding hydrogens is 142 g/mol. The van der Waals surface area contributed by atoms with Crippen LogP contribution in [0.25, 0.3) is 6.08 Å². The summed E-state index contributed by atoms with van der Waals surface area (Å²) in [4.78, 5) is 1.34. The molecule has 2 heteroatoms. The van der Waals surface area contributed by atoms with Crippen LogP contribution in [-0.4, -0.2) is 6.54 Å². The fourth-order valence-electron chi connectivity index (χ4n) is 0.755. The van der Waals surface area contributed by atoms with E-state index in [1.807, 2.05) is 12.2 Å². The predicted molar refractivity (Wildman–Crippen MR) is 47.1 cm³/mol. The van der Waals surface area contributed by atoms with Crippen molar-refractivity contribution < 1.29 is 0 Å². The Balaban J connectivity index is 2.67. The summed E-state index contributed by atoms with van der Waals surface area (Å²) in [5.74, 6) is 0. The Kier molecular flexibility index (Phi) is 2.66. The monoisotopic (exact) mass is 153 g/mol. The molecule has 0 saturated heterocycles. The number of hydrogen-bond donors (Lipinski definition) is 1. The molecule has 0 aliphatic rings. The molecule has 1 aromatic rings. The highest BCUT2D eigenvalue weighted by Crippen LogP contribution is 2.13. The van der Waals surface area contributed by atoms with Crippen LogP contribution in [0, 0.1) is 6.92 Å². The maximum absolute atomic E-state index is 5.30. The minimum absolute atomic E-state index is 0.620. The van der Waals surface area contributed by atoms with Gasteiger partial charge >= 0.3 is 0 Å². The lowest BCUT2D eigenvalue weighted by Gasteiger charge is -1.80. The standard InChI is InChI=1S/C8H11NS/c1-7-5-8(6-10-7)3-2-4-9/h2-3,5-6H,4,9H2,1H3. The lowest BCUT2D eigenvalue weighted by molar-refractivity contribution is 1.26. The normalized spacial score (nSPS) is 11.0. The van der Waals surface area contributed by atoms with Gasteiger partial charge in [0.1, 0.15) is 0 Å². The first-order valence-corrected chi connectivity index (χ1v) is 4.12. The summed E-state index contributed by atoms with van der Waals surface area (Å²) in [6.07, 6.45) is 4.00. The summed E-state index contributed by atoms with van der Waals surface area (Å²) in [6, 6.07) is 2.15. The Labute approximate surface area is 65.2 Å². The maximum Gasteiger partial charge on any atom is 0.0110 e. The van der Waals surface area contributed by atoms with Gasteiger partial charge in [0.25, 0.3) is 0 Å². The van der Waals surface area contributed by atoms with Crippen LogP contribution in [0.15, 0.2) is 17.5 Å². The van der Waals surface area contributed by atoms with Gasteiger partial charge in [0, 0.05) is 11.4 Å². The van der Waals surface area contributed by atoms with Gasteiger partial charge in [-0.2, -0.15) is 0 Å². The van der Waals surface area contributed by atoms with Gasteiger partial charge < -0.3 is 5.73 Å². The van der Waals surface area contributed by atoms with E-state index in [1.54, 1.807) is 11.3 Å². The highest BCUT2D eigenvalue weighted by atomic mass is 32.1. The third-order valence-corrected chi connectivity index (χ3v) is 2.08. The van der Waals surface area contributed by atoms with Crippen molar-refractivity contribution in [3.8, 4) is 0 Å². The Bertz CT molecular complexity index is 225. The molecule has 1 nitrogen and oxygen atoms in total. The summed E-state index contributed by atoms with van der Waals surface area (Å²) in [5.41, 5.74) is 6.56. The first kappa shape index (κ1) is 7.51. The predicted octanol–water partition coefficient (Wildman–Crippen LogP) is 2.03. The molecule has 0 atom stereocenters. The SMILES string of the molecule is Cc1cc(C=CCN)cs1. The number of aryl methyl sites for hydroxylation is 1. The van der Waals surface area contributed by atoms with E-state index in [9.17, 15) is 0 Å². The van der Waals surface area contributed by atoms with Crippen LogP contribution in [0.1, 0.15) is 10.4 Å². The molecule has 0 aromatic carbocycles. The molecule has 0 unspecified atom stereocenters. The van der Waals surface area contributed by atoms with E-state index in [0.29, 0.717) is 6.54 Å². The number of thiophene rings is 1. The molecule has 0 bridgehead atoms. The van der Waals surface area contributed by atoms with Crippen molar-refractivity contribution in [2.45, 2.75) is 6.92 Å². The summed E-state index contributed by atoms with van der Waals surface area (Å²) in [7, 11) is 0. The molecule has 0 fully saturated rings. The Hall–Kier alpha value is -0.600. The van der Waals surface area contributed by atoms with Crippen LogP contribution in [0.5, 0.6) is 0 Å². The third-order valence-electron chi connectivity index (χ3n) is 1.20. The first-order chi connectivity index (χ1) is 4.83. The average Bonchev–Trinajstić information content (AvgIpc) is 2.31. The molecule has 0 spiro atoms. The molecule has 2 N–H and O–H groups in total. The van der Waals surface area contributed by atoms with Crippen LogP contribution in [0.4, 0.5) is 0 Å². The molecule has 0 saturated carbocycles. The van der Waals surface area contributed by atoms with Crippen LogP contribution in [-0.2, 0) is 0 Å². The number of nitrogens with two attached hydrogens (primary N) is 1. The van der Waals surface area contributed by atoms with Gasteiger partial charge in [-0.05, 0) is 23.9 Å². The molecule has 0 aliphatic heterocycles. The molecule has 1 rings (SSSR count). The fraction of sp³-hybridized carbons (Fsp3) is 0.250. The highest BCUT2D eigenvalue weighted by molar-refractivity contribution is 7.10. The molecule has 1 aromatic heterocycles. The lowest BCUT2D eigenvalue weighted by atomic mass is 10.3. The van der Waals surface area contributed by atoms with Gasteiger partial charge in [-0.15, -0.1) is 11.3 Å². The largest absolute Gasteiger partial charge is 0.327 e. The average molecular weight is 153 g/mol. The minimum atomic E-state index is 0.620. The Morgan fingerprint density at radius 1 is 1.70 bits per heavy atom. The van der Waals surface area contributed by atoms with Crippen molar-refractivity contribution in [3.63, 3.8) is 0 Å². The van der Waals surface area contributed by atoms with Crippen LogP contribution in [0.3, 0.4) is 0 Å². The second kappa shape index (κ2) is 3.54. The molecular formula is C8H11NS. The maximum atomic E-state index is 5.30. The van der Waals surface area contributed by atoms with E-state index in [1.165, 1.54) is 10.4 Å². The fourth-order valence-corrected chi connectivity index (χ4v) is 1.43. The molecule has 1 heterocycles. The van der Waals surface area contributed by atoms with Crippen molar-refractivity contribution in [3.05, 3.63) is 28.0 Å². The quantitative estimate of drug-likeness (QED) is 0.691. The summed E-state index contributed by atoms with van der Waals surface area (Å²) in [5, 5.41) is 2.13. The van der Waals surface area contributed by atoms with Crippen LogP contribution >= 0.6 is 11.3 Å². The smallest absolute Gasteiger partial charge is 0.0110 e. The van der Waals surface area contributed by atoms with Crippen LogP contribution in [0.2, 0.25) is 0 Å². The lowest BCUT2D eigenvalue weighted by Crippen LogP contribution is -1.91. The summed E-state index contributed by atoms with van der Waals surface area (Å²) in [6.45, 7) is 2.72. The van der Waals surface area contributed by atoms with Gasteiger partial charge in [-0.25, -0.2) is 0 Å². The second-order valence-electron chi connectivity index (χ2n) is 2.13. The number of rotatable bonds is 2. The second-order valence-corrected chi connectivity index (χ2v) is 3.24. The van der Waals surface area contributed by atoms with Gasteiger partial charge in [0.2, 0.25) is 0 Å². The minimum Gasteiger partial charge on any atom is -0.327 e. The number of hydrogen-bond acceptors (Lipinski definition) is 2. The zero-order valence-corrected chi connectivity index (χ0v) is 6.82. The first-order valence-electron chi connectivity index (χ1n) is 3.24. The molecule has 0 radical (unpaired) electrons. The van der Waals surface area contributed by atoms with E-state index in [4.69, 9.17) is 5.73 Å². The summed E-state index contributed by atoms with van der Waals surface area (Å²) >= 11 is 1.76. The van der Waals surface area contributed by atoms with Crippen molar-refractivity contribution in [2.24, 2.45) is 5.73 Å². The van der Waals surface area contributed by atoms with Crippen LogP contribution < -0.4 is 5.73 Å². The zero-order valence-electron chi connectivity index (χ0n) is 6.00. The van der Waals surface area contributed by atoms with E-state index < -0.39 is 0 Å². The van der Waals surface area contributed by atoms with E-state index in [-0.39, 0.29) is 0 Å². The molecule has 54 valence electrons. The van der Waals surface area contributed by atoms with Gasteiger partial charge in [-0.1, -0.05) is 12.2 Å². The van der Waals surface area contributed by atoms with Crippen molar-refractivity contribution >= 4 is 17.4 Å². The van der Waals surface area contributed by atoms with Gasteiger partial charge in [-0.3, -0.25) is 0 Å². The molecule has 0 amide bonds. The van der Waals surface area contributed by atoms with Crippen molar-refractivity contribution in [2.75, 3.05) is 6.54 Å². The van der Waals surface area contributed by atoms with Crippen molar-refractivity contribution in [1.82, 2.24) is 0 Å². The molecule has 10 heavy (non-hydrogen) atoms.